The van der Waals surface area contributed by atoms with Gasteiger partial charge in [0.25, 0.3) is 0 Å². The summed E-state index contributed by atoms with van der Waals surface area (Å²) in [6.07, 6.45) is 10.4. The van der Waals surface area contributed by atoms with Crippen molar-refractivity contribution in [1.29, 1.82) is 0 Å². The van der Waals surface area contributed by atoms with Crippen molar-refractivity contribution in [3.8, 4) is 0 Å². The van der Waals surface area contributed by atoms with Crippen LogP contribution < -0.4 is 0 Å². The van der Waals surface area contributed by atoms with E-state index in [2.05, 4.69) is 25.8 Å². The minimum absolute atomic E-state index is 0.335. The lowest BCUT2D eigenvalue weighted by Crippen LogP contribution is -2.44. The zero-order valence-electron chi connectivity index (χ0n) is 12.0. The van der Waals surface area contributed by atoms with E-state index in [0.717, 1.165) is 25.4 Å². The van der Waals surface area contributed by atoms with Crippen molar-refractivity contribution in [3.05, 3.63) is 0 Å². The van der Waals surface area contributed by atoms with Crippen LogP contribution in [-0.2, 0) is 0 Å². The summed E-state index contributed by atoms with van der Waals surface area (Å²) < 4.78 is 0. The van der Waals surface area contributed by atoms with Crippen LogP contribution in [0.4, 0.5) is 0 Å². The number of nitrogens with zero attached hydrogens (tertiary/aromatic N) is 1. The molecule has 102 valence electrons. The van der Waals surface area contributed by atoms with Crippen molar-refractivity contribution in [1.82, 2.24) is 4.90 Å². The predicted molar refractivity (Wildman–Crippen MR) is 74.2 cm³/mol. The maximum Gasteiger partial charge on any atom is 0.0431 e. The van der Waals surface area contributed by atoms with Crippen molar-refractivity contribution >= 4 is 0 Å². The Bertz CT molecular complexity index is 203. The van der Waals surface area contributed by atoms with Crippen molar-refractivity contribution < 1.29 is 5.11 Å². The zero-order valence-corrected chi connectivity index (χ0v) is 12.0. The molecular formula is C15H31NO. The fraction of sp³-hybridized carbons (Fsp3) is 1.00. The molecule has 0 aromatic rings. The van der Waals surface area contributed by atoms with E-state index in [1.807, 2.05) is 0 Å². The Morgan fingerprint density at radius 3 is 2.53 bits per heavy atom. The molecule has 0 bridgehead atoms. The molecule has 17 heavy (non-hydrogen) atoms. The number of hydrogen-bond acceptors (Lipinski definition) is 2. The maximum atomic E-state index is 8.86. The van der Waals surface area contributed by atoms with Gasteiger partial charge in [-0.2, -0.15) is 0 Å². The third kappa shape index (κ3) is 4.97. The summed E-state index contributed by atoms with van der Waals surface area (Å²) in [7, 11) is 2.27. The van der Waals surface area contributed by atoms with E-state index in [1.54, 1.807) is 0 Å². The van der Waals surface area contributed by atoms with Gasteiger partial charge in [-0.25, -0.2) is 0 Å². The van der Waals surface area contributed by atoms with E-state index < -0.39 is 0 Å². The second kappa shape index (κ2) is 7.38. The summed E-state index contributed by atoms with van der Waals surface area (Å²) in [5.74, 6) is 0. The van der Waals surface area contributed by atoms with Crippen molar-refractivity contribution in [2.45, 2.75) is 71.3 Å². The van der Waals surface area contributed by atoms with Gasteiger partial charge in [0.15, 0.2) is 0 Å². The second-order valence-electron chi connectivity index (χ2n) is 6.37. The number of aliphatic hydroxyl groups is 1. The van der Waals surface area contributed by atoms with Gasteiger partial charge in [0.2, 0.25) is 0 Å². The Labute approximate surface area is 107 Å². The van der Waals surface area contributed by atoms with Crippen molar-refractivity contribution in [2.24, 2.45) is 5.41 Å². The second-order valence-corrected chi connectivity index (χ2v) is 6.37. The van der Waals surface area contributed by atoms with E-state index in [9.17, 15) is 0 Å². The monoisotopic (exact) mass is 241 g/mol. The van der Waals surface area contributed by atoms with Crippen LogP contribution in [0.15, 0.2) is 0 Å². The van der Waals surface area contributed by atoms with Gasteiger partial charge in [-0.1, -0.05) is 39.5 Å². The molecule has 0 heterocycles. The highest BCUT2D eigenvalue weighted by atomic mass is 16.2. The van der Waals surface area contributed by atoms with Crippen LogP contribution in [0.25, 0.3) is 0 Å². The lowest BCUT2D eigenvalue weighted by Gasteiger charge is -2.42. The van der Waals surface area contributed by atoms with Crippen LogP contribution in [0.1, 0.15) is 65.2 Å². The quantitative estimate of drug-likeness (QED) is 0.745. The fourth-order valence-corrected chi connectivity index (χ4v) is 3.28. The van der Waals surface area contributed by atoms with Crippen LogP contribution in [0, 0.1) is 5.41 Å². The minimum atomic E-state index is 0.335. The molecule has 1 rings (SSSR count). The summed E-state index contributed by atoms with van der Waals surface area (Å²) in [6.45, 7) is 6.34. The Balaban J connectivity index is 2.49. The van der Waals surface area contributed by atoms with E-state index in [4.69, 9.17) is 5.11 Å². The normalized spacial score (nSPS) is 25.6. The molecule has 0 aromatic heterocycles. The zero-order chi connectivity index (χ0) is 12.7. The molecule has 1 N–H and O–H groups in total. The molecule has 1 fully saturated rings. The molecule has 1 aliphatic rings. The van der Waals surface area contributed by atoms with Crippen molar-refractivity contribution in [2.75, 3.05) is 20.2 Å². The average molecular weight is 241 g/mol. The highest BCUT2D eigenvalue weighted by Crippen LogP contribution is 2.36. The van der Waals surface area contributed by atoms with Gasteiger partial charge in [0.05, 0.1) is 0 Å². The maximum absolute atomic E-state index is 8.86. The molecule has 1 atom stereocenters. The number of rotatable bonds is 5. The van der Waals surface area contributed by atoms with Gasteiger partial charge in [-0.3, -0.25) is 0 Å². The molecule has 1 unspecified atom stereocenters. The first-order valence-corrected chi connectivity index (χ1v) is 7.39. The van der Waals surface area contributed by atoms with Crippen LogP contribution >= 0.6 is 0 Å². The number of unbranched alkanes of at least 4 members (excludes halogenated alkanes) is 1. The van der Waals surface area contributed by atoms with E-state index in [-0.39, 0.29) is 0 Å². The molecule has 0 saturated heterocycles. The van der Waals surface area contributed by atoms with Crippen LogP contribution in [0.2, 0.25) is 0 Å². The Morgan fingerprint density at radius 2 is 1.82 bits per heavy atom. The van der Waals surface area contributed by atoms with Gasteiger partial charge < -0.3 is 10.0 Å². The largest absolute Gasteiger partial charge is 0.396 e. The number of hydrogen-bond donors (Lipinski definition) is 1. The summed E-state index contributed by atoms with van der Waals surface area (Å²) in [5.41, 5.74) is 0.453. The van der Waals surface area contributed by atoms with E-state index in [0.29, 0.717) is 12.0 Å². The first-order valence-electron chi connectivity index (χ1n) is 7.39. The molecule has 0 aromatic carbocycles. The summed E-state index contributed by atoms with van der Waals surface area (Å²) in [5, 5.41) is 8.86. The Morgan fingerprint density at radius 1 is 1.12 bits per heavy atom. The highest BCUT2D eigenvalue weighted by Gasteiger charge is 2.32. The van der Waals surface area contributed by atoms with Gasteiger partial charge in [0, 0.05) is 12.6 Å². The topological polar surface area (TPSA) is 23.5 Å². The first kappa shape index (κ1) is 15.0. The third-order valence-corrected chi connectivity index (χ3v) is 4.40. The van der Waals surface area contributed by atoms with E-state index >= 15 is 0 Å². The molecule has 0 spiro atoms. The molecule has 0 amide bonds. The molecule has 0 radical (unpaired) electrons. The lowest BCUT2D eigenvalue weighted by atomic mass is 9.75. The Hall–Kier alpha value is -0.0800. The lowest BCUT2D eigenvalue weighted by molar-refractivity contribution is 0.0811. The van der Waals surface area contributed by atoms with E-state index in [1.165, 1.54) is 38.5 Å². The SMILES string of the molecule is CN(CCCCO)C1CCCCCCC1(C)C. The molecule has 0 aliphatic heterocycles. The first-order chi connectivity index (χ1) is 8.08. The predicted octanol–water partition coefficient (Wildman–Crippen LogP) is 3.44. The highest BCUT2D eigenvalue weighted by molar-refractivity contribution is 4.86. The Kier molecular flexibility index (Phi) is 6.50. The third-order valence-electron chi connectivity index (χ3n) is 4.40. The van der Waals surface area contributed by atoms with Crippen LogP contribution in [0.5, 0.6) is 0 Å². The fourth-order valence-electron chi connectivity index (χ4n) is 3.28. The molecule has 1 saturated carbocycles. The smallest absolute Gasteiger partial charge is 0.0431 e. The van der Waals surface area contributed by atoms with Crippen LogP contribution in [-0.4, -0.2) is 36.2 Å². The van der Waals surface area contributed by atoms with Gasteiger partial charge in [-0.05, 0) is 44.7 Å². The molecular weight excluding hydrogens is 210 g/mol. The molecule has 2 heteroatoms. The van der Waals surface area contributed by atoms with Gasteiger partial charge in [-0.15, -0.1) is 0 Å². The summed E-state index contributed by atoms with van der Waals surface area (Å²) in [4.78, 5) is 2.54. The molecule has 1 aliphatic carbocycles. The molecule has 2 nitrogen and oxygen atoms in total. The standard InChI is InChI=1S/C15H31NO/c1-15(2)11-7-5-4-6-10-14(15)16(3)12-8-9-13-17/h14,17H,4-13H2,1-3H3. The van der Waals surface area contributed by atoms with Crippen LogP contribution in [0.3, 0.4) is 0 Å². The van der Waals surface area contributed by atoms with Gasteiger partial charge in [0.1, 0.15) is 0 Å². The minimum Gasteiger partial charge on any atom is -0.396 e. The van der Waals surface area contributed by atoms with Crippen molar-refractivity contribution in [3.63, 3.8) is 0 Å². The summed E-state index contributed by atoms with van der Waals surface area (Å²) >= 11 is 0. The van der Waals surface area contributed by atoms with Gasteiger partial charge >= 0.3 is 0 Å². The average Bonchev–Trinajstić information content (AvgIpc) is 2.25. The summed E-state index contributed by atoms with van der Waals surface area (Å²) in [6, 6.07) is 0.724. The number of aliphatic hydroxyl groups excluding tert-OH is 1.